The van der Waals surface area contributed by atoms with Crippen molar-refractivity contribution >= 4 is 33.1 Å². The number of hydrogen-bond donors (Lipinski definition) is 1. The van der Waals surface area contributed by atoms with Gasteiger partial charge in [-0.2, -0.15) is 26.3 Å². The van der Waals surface area contributed by atoms with Gasteiger partial charge in [0.1, 0.15) is 10.7 Å². The lowest BCUT2D eigenvalue weighted by molar-refractivity contribution is -0.299. The Morgan fingerprint density at radius 3 is 2.05 bits per heavy atom. The van der Waals surface area contributed by atoms with Gasteiger partial charge < -0.3 is 10.5 Å². The van der Waals surface area contributed by atoms with E-state index >= 15 is 0 Å². The van der Waals surface area contributed by atoms with Crippen LogP contribution >= 0.6 is 28.1 Å². The van der Waals surface area contributed by atoms with Crippen LogP contribution in [0.15, 0.2) is 22.7 Å². The quantitative estimate of drug-likeness (QED) is 0.635. The average molecular weight is 382 g/mol. The maximum absolute atomic E-state index is 12.4. The highest BCUT2D eigenvalue weighted by Gasteiger charge is 2.59. The summed E-state index contributed by atoms with van der Waals surface area (Å²) < 4.78 is 78.7. The second kappa shape index (κ2) is 5.76. The number of hydrogen-bond acceptors (Lipinski definition) is 2. The Kier molecular flexibility index (Phi) is 4.90. The number of thiocarbonyl (C=S) groups is 1. The van der Waals surface area contributed by atoms with Crippen molar-refractivity contribution in [3.8, 4) is 5.75 Å². The summed E-state index contributed by atoms with van der Waals surface area (Å²) in [5.74, 6) is -0.702. The van der Waals surface area contributed by atoms with E-state index in [0.717, 1.165) is 6.07 Å². The molecule has 0 radical (unpaired) electrons. The standard InChI is InChI=1S/C10H6BrF6NOS/c11-4-2-1-3-5(6(4)7(18)20)19-8(9(12,13)14)10(15,16)17/h1-3,8H,(H2,18,20). The number of nitrogens with two attached hydrogens (primary N) is 1. The summed E-state index contributed by atoms with van der Waals surface area (Å²) in [6.45, 7) is 0. The fourth-order valence-electron chi connectivity index (χ4n) is 1.29. The Hall–Kier alpha value is -1.03. The SMILES string of the molecule is NC(=S)c1c(Br)cccc1OC(C(F)(F)F)C(F)(F)F. The summed E-state index contributed by atoms with van der Waals surface area (Å²) in [5.41, 5.74) is 5.03. The topological polar surface area (TPSA) is 35.2 Å². The van der Waals surface area contributed by atoms with Crippen molar-refractivity contribution in [2.45, 2.75) is 18.5 Å². The van der Waals surface area contributed by atoms with Crippen LogP contribution in [0.4, 0.5) is 26.3 Å². The number of benzene rings is 1. The minimum absolute atomic E-state index is 0.130. The first-order valence-electron chi connectivity index (χ1n) is 4.83. The lowest BCUT2D eigenvalue weighted by Crippen LogP contribution is -2.46. The first-order chi connectivity index (χ1) is 8.94. The number of ether oxygens (including phenoxy) is 1. The third-order valence-electron chi connectivity index (χ3n) is 2.06. The minimum Gasteiger partial charge on any atom is -0.471 e. The van der Waals surface area contributed by atoms with E-state index < -0.39 is 29.2 Å². The average Bonchev–Trinajstić information content (AvgIpc) is 2.22. The molecule has 0 unspecified atom stereocenters. The molecule has 0 aliphatic carbocycles. The van der Waals surface area contributed by atoms with E-state index in [4.69, 9.17) is 5.73 Å². The van der Waals surface area contributed by atoms with E-state index in [-0.39, 0.29) is 10.0 Å². The highest BCUT2D eigenvalue weighted by atomic mass is 79.9. The second-order valence-corrected chi connectivity index (χ2v) is 4.85. The van der Waals surface area contributed by atoms with Crippen LogP contribution in [0.1, 0.15) is 5.56 Å². The summed E-state index contributed by atoms with van der Waals surface area (Å²) in [5, 5.41) is 0. The van der Waals surface area contributed by atoms with Crippen molar-refractivity contribution in [3.05, 3.63) is 28.2 Å². The van der Waals surface area contributed by atoms with E-state index in [9.17, 15) is 26.3 Å². The molecule has 10 heteroatoms. The molecular weight excluding hydrogens is 376 g/mol. The number of alkyl halides is 6. The zero-order valence-corrected chi connectivity index (χ0v) is 11.8. The lowest BCUT2D eigenvalue weighted by atomic mass is 10.2. The molecule has 0 heterocycles. The Bertz CT molecular complexity index is 501. The Balaban J connectivity index is 3.26. The van der Waals surface area contributed by atoms with Gasteiger partial charge in [0, 0.05) is 4.47 Å². The van der Waals surface area contributed by atoms with Gasteiger partial charge in [0.15, 0.2) is 0 Å². The normalized spacial score (nSPS) is 12.6. The van der Waals surface area contributed by atoms with Crippen LogP contribution in [0, 0.1) is 0 Å². The molecule has 0 amide bonds. The van der Waals surface area contributed by atoms with E-state index in [1.54, 1.807) is 0 Å². The minimum atomic E-state index is -5.62. The predicted molar refractivity (Wildman–Crippen MR) is 66.6 cm³/mol. The molecule has 0 aliphatic heterocycles. The van der Waals surface area contributed by atoms with Crippen LogP contribution in [0.5, 0.6) is 5.75 Å². The largest absolute Gasteiger partial charge is 0.471 e. The van der Waals surface area contributed by atoms with Gasteiger partial charge in [-0.15, -0.1) is 0 Å². The molecule has 0 saturated heterocycles. The predicted octanol–water partition coefficient (Wildman–Crippen LogP) is 3.96. The smallest absolute Gasteiger partial charge is 0.434 e. The van der Waals surface area contributed by atoms with Gasteiger partial charge in [0.25, 0.3) is 6.10 Å². The van der Waals surface area contributed by atoms with E-state index in [1.807, 2.05) is 0 Å². The van der Waals surface area contributed by atoms with Crippen molar-refractivity contribution in [2.24, 2.45) is 5.73 Å². The molecular formula is C10H6BrF6NOS. The molecule has 2 N–H and O–H groups in total. The molecule has 1 aromatic rings. The molecule has 0 aliphatic rings. The van der Waals surface area contributed by atoms with Gasteiger partial charge in [-0.1, -0.05) is 18.3 Å². The maximum atomic E-state index is 12.4. The summed E-state index contributed by atoms with van der Waals surface area (Å²) in [6, 6.07) is 3.48. The van der Waals surface area contributed by atoms with E-state index in [0.29, 0.717) is 0 Å². The van der Waals surface area contributed by atoms with Gasteiger partial charge in [-0.05, 0) is 28.1 Å². The molecule has 0 spiro atoms. The summed E-state index contributed by atoms with van der Waals surface area (Å²) in [6.07, 6.45) is -15.2. The molecule has 0 bridgehead atoms. The maximum Gasteiger partial charge on any atom is 0.434 e. The van der Waals surface area contributed by atoms with E-state index in [2.05, 4.69) is 32.9 Å². The summed E-state index contributed by atoms with van der Waals surface area (Å²) in [7, 11) is 0. The van der Waals surface area contributed by atoms with Crippen molar-refractivity contribution < 1.29 is 31.1 Å². The van der Waals surface area contributed by atoms with Crippen LogP contribution in [-0.2, 0) is 0 Å². The van der Waals surface area contributed by atoms with Crippen molar-refractivity contribution in [2.75, 3.05) is 0 Å². The molecule has 0 saturated carbocycles. The van der Waals surface area contributed by atoms with Crippen molar-refractivity contribution in [3.63, 3.8) is 0 Å². The first kappa shape index (κ1) is 17.0. The lowest BCUT2D eigenvalue weighted by Gasteiger charge is -2.25. The Morgan fingerprint density at radius 2 is 1.65 bits per heavy atom. The van der Waals surface area contributed by atoms with Crippen molar-refractivity contribution in [1.29, 1.82) is 0 Å². The van der Waals surface area contributed by atoms with Crippen LogP contribution in [0.3, 0.4) is 0 Å². The second-order valence-electron chi connectivity index (χ2n) is 3.56. The fourth-order valence-corrected chi connectivity index (χ4v) is 2.19. The fraction of sp³-hybridized carbons (Fsp3) is 0.300. The Morgan fingerprint density at radius 1 is 1.15 bits per heavy atom. The summed E-state index contributed by atoms with van der Waals surface area (Å²) >= 11 is 7.51. The Labute approximate surface area is 123 Å². The van der Waals surface area contributed by atoms with Gasteiger partial charge in [0.2, 0.25) is 0 Å². The number of halogens is 7. The van der Waals surface area contributed by atoms with Crippen LogP contribution in [0.2, 0.25) is 0 Å². The molecule has 112 valence electrons. The van der Waals surface area contributed by atoms with Gasteiger partial charge in [-0.25, -0.2) is 0 Å². The number of rotatable bonds is 3. The molecule has 1 rings (SSSR count). The summed E-state index contributed by atoms with van der Waals surface area (Å²) in [4.78, 5) is -0.393. The molecule has 20 heavy (non-hydrogen) atoms. The van der Waals surface area contributed by atoms with Gasteiger partial charge >= 0.3 is 12.4 Å². The molecule has 0 fully saturated rings. The van der Waals surface area contributed by atoms with E-state index in [1.165, 1.54) is 12.1 Å². The molecule has 0 aromatic heterocycles. The van der Waals surface area contributed by atoms with Gasteiger partial charge in [0.05, 0.1) is 5.56 Å². The van der Waals surface area contributed by atoms with Crippen LogP contribution in [0.25, 0.3) is 0 Å². The third-order valence-corrected chi connectivity index (χ3v) is 2.93. The van der Waals surface area contributed by atoms with Crippen molar-refractivity contribution in [1.82, 2.24) is 0 Å². The van der Waals surface area contributed by atoms with Gasteiger partial charge in [-0.3, -0.25) is 0 Å². The molecule has 1 aromatic carbocycles. The molecule has 0 atom stereocenters. The highest BCUT2D eigenvalue weighted by Crippen LogP contribution is 2.38. The van der Waals surface area contributed by atoms with Crippen LogP contribution in [-0.4, -0.2) is 23.4 Å². The zero-order valence-electron chi connectivity index (χ0n) is 9.35. The highest BCUT2D eigenvalue weighted by molar-refractivity contribution is 9.10. The zero-order chi connectivity index (χ0) is 15.7. The monoisotopic (exact) mass is 381 g/mol. The van der Waals surface area contributed by atoms with Crippen LogP contribution < -0.4 is 10.5 Å². The molecule has 2 nitrogen and oxygen atoms in total. The first-order valence-corrected chi connectivity index (χ1v) is 6.03. The third kappa shape index (κ3) is 3.98.